The molecule has 0 aliphatic carbocycles. The van der Waals surface area contributed by atoms with Crippen LogP contribution in [0.5, 0.6) is 0 Å². The zero-order valence-electron chi connectivity index (χ0n) is 9.63. The van der Waals surface area contributed by atoms with Gasteiger partial charge in [-0.05, 0) is 33.1 Å². The lowest BCUT2D eigenvalue weighted by molar-refractivity contribution is -0.209. The summed E-state index contributed by atoms with van der Waals surface area (Å²) in [6.45, 7) is 13.3. The Kier molecular flexibility index (Phi) is 3.36. The minimum absolute atomic E-state index is 0.0492. The van der Waals surface area contributed by atoms with Crippen molar-refractivity contribution in [2.24, 2.45) is 5.92 Å². The van der Waals surface area contributed by atoms with E-state index in [1.807, 2.05) is 0 Å². The highest BCUT2D eigenvalue weighted by Gasteiger charge is 2.39. The molecule has 0 amide bonds. The second kappa shape index (κ2) is 3.97. The van der Waals surface area contributed by atoms with Gasteiger partial charge in [-0.25, -0.2) is 0 Å². The second-order valence-corrected chi connectivity index (χ2v) is 4.70. The van der Waals surface area contributed by atoms with Crippen LogP contribution >= 0.6 is 0 Å². The summed E-state index contributed by atoms with van der Waals surface area (Å²) in [5.74, 6) is 0.551. The van der Waals surface area contributed by atoms with Gasteiger partial charge in [0.05, 0.1) is 6.61 Å². The van der Waals surface area contributed by atoms with E-state index in [0.29, 0.717) is 12.0 Å². The summed E-state index contributed by atoms with van der Waals surface area (Å²) < 4.78 is 5.93. The van der Waals surface area contributed by atoms with E-state index in [9.17, 15) is 0 Å². The lowest BCUT2D eigenvalue weighted by Crippen LogP contribution is -2.58. The Labute approximate surface area is 82.3 Å². The van der Waals surface area contributed by atoms with Crippen LogP contribution in [0.15, 0.2) is 0 Å². The van der Waals surface area contributed by atoms with E-state index >= 15 is 0 Å². The van der Waals surface area contributed by atoms with Gasteiger partial charge in [0.1, 0.15) is 5.72 Å². The molecule has 1 rings (SSSR count). The smallest absolute Gasteiger partial charge is 0.121 e. The van der Waals surface area contributed by atoms with Crippen LogP contribution in [0.4, 0.5) is 0 Å². The number of rotatable bonds is 2. The van der Waals surface area contributed by atoms with Crippen LogP contribution in [0.2, 0.25) is 0 Å². The van der Waals surface area contributed by atoms with Gasteiger partial charge in [0.15, 0.2) is 0 Å². The maximum absolute atomic E-state index is 5.93. The highest BCUT2D eigenvalue weighted by molar-refractivity contribution is 4.85. The molecular formula is C11H23NO. The molecule has 0 N–H and O–H groups in total. The number of nitrogens with zero attached hydrogens (tertiary/aromatic N) is 1. The van der Waals surface area contributed by atoms with Gasteiger partial charge in [-0.2, -0.15) is 0 Å². The molecule has 1 unspecified atom stereocenters. The molecule has 1 aliphatic rings. The maximum Gasteiger partial charge on any atom is 0.121 e. The van der Waals surface area contributed by atoms with Gasteiger partial charge in [-0.1, -0.05) is 13.8 Å². The molecule has 0 aromatic heterocycles. The summed E-state index contributed by atoms with van der Waals surface area (Å²) in [6, 6.07) is 0.577. The van der Waals surface area contributed by atoms with E-state index in [1.165, 1.54) is 13.0 Å². The Morgan fingerprint density at radius 3 is 2.23 bits per heavy atom. The first-order chi connectivity index (χ1) is 5.98. The van der Waals surface area contributed by atoms with Crippen LogP contribution in [-0.2, 0) is 4.74 Å². The fourth-order valence-corrected chi connectivity index (χ4v) is 2.09. The van der Waals surface area contributed by atoms with Crippen molar-refractivity contribution in [1.29, 1.82) is 0 Å². The van der Waals surface area contributed by atoms with E-state index in [-0.39, 0.29) is 5.72 Å². The van der Waals surface area contributed by atoms with E-state index in [2.05, 4.69) is 39.5 Å². The lowest BCUT2D eigenvalue weighted by Gasteiger charge is -2.49. The summed E-state index contributed by atoms with van der Waals surface area (Å²) in [5, 5.41) is 0. The Hall–Kier alpha value is -0.0800. The van der Waals surface area contributed by atoms with Crippen LogP contribution in [0.1, 0.15) is 41.0 Å². The van der Waals surface area contributed by atoms with E-state index in [0.717, 1.165) is 6.61 Å². The van der Waals surface area contributed by atoms with Gasteiger partial charge in [0.2, 0.25) is 0 Å². The van der Waals surface area contributed by atoms with Crippen LogP contribution in [0.3, 0.4) is 0 Å². The van der Waals surface area contributed by atoms with Gasteiger partial charge in [0.25, 0.3) is 0 Å². The molecule has 2 heteroatoms. The van der Waals surface area contributed by atoms with Gasteiger partial charge in [-0.15, -0.1) is 0 Å². The minimum Gasteiger partial charge on any atom is -0.360 e. The third-order valence-electron chi connectivity index (χ3n) is 3.20. The van der Waals surface area contributed by atoms with E-state index in [4.69, 9.17) is 4.74 Å². The topological polar surface area (TPSA) is 12.5 Å². The largest absolute Gasteiger partial charge is 0.360 e. The van der Waals surface area contributed by atoms with Gasteiger partial charge >= 0.3 is 0 Å². The van der Waals surface area contributed by atoms with Crippen LogP contribution < -0.4 is 0 Å². The molecule has 0 spiro atoms. The predicted octanol–water partition coefficient (Wildman–Crippen LogP) is 2.49. The van der Waals surface area contributed by atoms with Crippen molar-refractivity contribution in [2.75, 3.05) is 13.2 Å². The van der Waals surface area contributed by atoms with Gasteiger partial charge < -0.3 is 4.74 Å². The summed E-state index contributed by atoms with van der Waals surface area (Å²) in [4.78, 5) is 2.47. The average molecular weight is 185 g/mol. The Morgan fingerprint density at radius 1 is 1.23 bits per heavy atom. The molecular weight excluding hydrogens is 162 g/mol. The first-order valence-corrected chi connectivity index (χ1v) is 5.39. The molecule has 0 bridgehead atoms. The minimum atomic E-state index is -0.0492. The first kappa shape index (κ1) is 11.0. The van der Waals surface area contributed by atoms with Crippen molar-refractivity contribution < 1.29 is 4.74 Å². The van der Waals surface area contributed by atoms with E-state index in [1.54, 1.807) is 0 Å². The molecule has 1 saturated heterocycles. The molecule has 0 aromatic carbocycles. The van der Waals surface area contributed by atoms with Crippen LogP contribution in [0.25, 0.3) is 0 Å². The number of ether oxygens (including phenoxy) is 1. The number of hydrogen-bond donors (Lipinski definition) is 0. The van der Waals surface area contributed by atoms with Gasteiger partial charge in [-0.3, -0.25) is 4.90 Å². The quantitative estimate of drug-likeness (QED) is 0.655. The Bertz CT molecular complexity index is 167. The second-order valence-electron chi connectivity index (χ2n) is 4.70. The summed E-state index contributed by atoms with van der Waals surface area (Å²) in [7, 11) is 0. The third-order valence-corrected chi connectivity index (χ3v) is 3.20. The van der Waals surface area contributed by atoms with Crippen molar-refractivity contribution in [2.45, 2.75) is 52.8 Å². The Morgan fingerprint density at radius 2 is 1.85 bits per heavy atom. The molecule has 78 valence electrons. The highest BCUT2D eigenvalue weighted by atomic mass is 16.5. The van der Waals surface area contributed by atoms with Crippen molar-refractivity contribution in [3.8, 4) is 0 Å². The molecule has 0 saturated carbocycles. The standard InChI is InChI=1S/C11H23NO/c1-9(2)11(5)12(10(3)4)7-6-8-13-11/h9-10H,6-8H2,1-5H3. The van der Waals surface area contributed by atoms with E-state index < -0.39 is 0 Å². The Balaban J connectivity index is 2.77. The fourth-order valence-electron chi connectivity index (χ4n) is 2.09. The van der Waals surface area contributed by atoms with Crippen molar-refractivity contribution in [3.05, 3.63) is 0 Å². The van der Waals surface area contributed by atoms with Crippen molar-refractivity contribution in [3.63, 3.8) is 0 Å². The van der Waals surface area contributed by atoms with Crippen LogP contribution in [-0.4, -0.2) is 29.8 Å². The highest BCUT2D eigenvalue weighted by Crippen LogP contribution is 2.31. The molecule has 2 nitrogen and oxygen atoms in total. The normalized spacial score (nSPS) is 31.6. The lowest BCUT2D eigenvalue weighted by atomic mass is 9.96. The summed E-state index contributed by atoms with van der Waals surface area (Å²) in [5.41, 5.74) is -0.0492. The molecule has 1 atom stereocenters. The molecule has 0 radical (unpaired) electrons. The predicted molar refractivity (Wildman–Crippen MR) is 55.7 cm³/mol. The monoisotopic (exact) mass is 185 g/mol. The maximum atomic E-state index is 5.93. The SMILES string of the molecule is CC(C)N1CCCOC1(C)C(C)C. The fraction of sp³-hybridized carbons (Fsp3) is 1.00. The molecule has 1 aliphatic heterocycles. The average Bonchev–Trinajstić information content (AvgIpc) is 2.04. The van der Waals surface area contributed by atoms with Crippen LogP contribution in [0, 0.1) is 5.92 Å². The van der Waals surface area contributed by atoms with Crippen molar-refractivity contribution in [1.82, 2.24) is 4.90 Å². The zero-order chi connectivity index (χ0) is 10.1. The molecule has 13 heavy (non-hydrogen) atoms. The first-order valence-electron chi connectivity index (χ1n) is 5.39. The zero-order valence-corrected chi connectivity index (χ0v) is 9.63. The number of hydrogen-bond acceptors (Lipinski definition) is 2. The summed E-state index contributed by atoms with van der Waals surface area (Å²) >= 11 is 0. The molecule has 0 aromatic rings. The molecule has 1 heterocycles. The van der Waals surface area contributed by atoms with Gasteiger partial charge in [0, 0.05) is 12.6 Å². The van der Waals surface area contributed by atoms with Crippen molar-refractivity contribution >= 4 is 0 Å². The molecule has 1 fully saturated rings. The summed E-state index contributed by atoms with van der Waals surface area (Å²) in [6.07, 6.45) is 1.17. The third kappa shape index (κ3) is 2.05.